The molecule has 6 heteroatoms. The molecular weight excluding hydrogens is 292 g/mol. The van der Waals surface area contributed by atoms with Gasteiger partial charge < -0.3 is 16.0 Å². The normalized spacial score (nSPS) is 10.4. The van der Waals surface area contributed by atoms with E-state index >= 15 is 0 Å². The Kier molecular flexibility index (Phi) is 5.30. The average molecular weight is 312 g/mol. The molecule has 120 valence electrons. The summed E-state index contributed by atoms with van der Waals surface area (Å²) in [5.41, 5.74) is 7.06. The van der Waals surface area contributed by atoms with E-state index in [2.05, 4.69) is 10.3 Å². The van der Waals surface area contributed by atoms with Crippen molar-refractivity contribution in [3.8, 4) is 0 Å². The molecule has 0 aliphatic rings. The molecule has 0 spiro atoms. The summed E-state index contributed by atoms with van der Waals surface area (Å²) < 4.78 is 0. The first-order valence-corrected chi connectivity index (χ1v) is 7.33. The number of hydrogen-bond acceptors (Lipinski definition) is 3. The molecule has 0 atom stereocenters. The lowest BCUT2D eigenvalue weighted by atomic mass is 10.1. The first-order valence-electron chi connectivity index (χ1n) is 7.33. The highest BCUT2D eigenvalue weighted by Crippen LogP contribution is 2.16. The van der Waals surface area contributed by atoms with Crippen LogP contribution in [0.1, 0.15) is 29.8 Å². The van der Waals surface area contributed by atoms with Gasteiger partial charge in [-0.3, -0.25) is 9.78 Å². The molecule has 0 bridgehead atoms. The number of benzene rings is 1. The minimum absolute atomic E-state index is 0.0236. The van der Waals surface area contributed by atoms with Crippen molar-refractivity contribution < 1.29 is 9.59 Å². The van der Waals surface area contributed by atoms with Gasteiger partial charge in [0.1, 0.15) is 0 Å². The third kappa shape index (κ3) is 4.54. The van der Waals surface area contributed by atoms with Crippen LogP contribution in [0, 0.1) is 0 Å². The molecule has 0 radical (unpaired) electrons. The molecule has 2 aromatic rings. The van der Waals surface area contributed by atoms with Crippen LogP contribution in [0.15, 0.2) is 48.8 Å². The number of amides is 3. The van der Waals surface area contributed by atoms with E-state index in [1.807, 2.05) is 26.0 Å². The van der Waals surface area contributed by atoms with Crippen molar-refractivity contribution in [2.24, 2.45) is 5.73 Å². The number of nitrogens with zero attached hydrogens (tertiary/aromatic N) is 2. The van der Waals surface area contributed by atoms with E-state index in [1.54, 1.807) is 41.6 Å². The van der Waals surface area contributed by atoms with Gasteiger partial charge in [0.2, 0.25) is 0 Å². The van der Waals surface area contributed by atoms with Gasteiger partial charge in [-0.1, -0.05) is 12.1 Å². The van der Waals surface area contributed by atoms with Crippen LogP contribution in [-0.4, -0.2) is 27.9 Å². The molecule has 3 amide bonds. The summed E-state index contributed by atoms with van der Waals surface area (Å²) in [4.78, 5) is 29.6. The maximum absolute atomic E-state index is 12.8. The maximum Gasteiger partial charge on any atom is 0.316 e. The van der Waals surface area contributed by atoms with Crippen LogP contribution in [0.25, 0.3) is 0 Å². The van der Waals surface area contributed by atoms with Gasteiger partial charge >= 0.3 is 6.03 Å². The topological polar surface area (TPSA) is 88.3 Å². The Bertz CT molecular complexity index is 686. The number of primary amides is 1. The summed E-state index contributed by atoms with van der Waals surface area (Å²) in [6.07, 6.45) is 3.44. The van der Waals surface area contributed by atoms with Gasteiger partial charge in [0.05, 0.1) is 0 Å². The van der Waals surface area contributed by atoms with E-state index in [4.69, 9.17) is 5.73 Å². The van der Waals surface area contributed by atoms with Crippen LogP contribution in [0.2, 0.25) is 0 Å². The molecule has 2 rings (SSSR count). The predicted molar refractivity (Wildman–Crippen MR) is 88.9 cm³/mol. The number of carbonyl (C=O) groups is 2. The molecule has 1 aromatic carbocycles. The molecule has 3 N–H and O–H groups in total. The molecule has 0 aliphatic carbocycles. The Morgan fingerprint density at radius 2 is 2.04 bits per heavy atom. The monoisotopic (exact) mass is 312 g/mol. The van der Waals surface area contributed by atoms with Crippen molar-refractivity contribution in [3.05, 3.63) is 59.9 Å². The van der Waals surface area contributed by atoms with Crippen LogP contribution in [0.3, 0.4) is 0 Å². The number of anilines is 1. The fourth-order valence-corrected chi connectivity index (χ4v) is 2.22. The van der Waals surface area contributed by atoms with Crippen LogP contribution < -0.4 is 11.1 Å². The van der Waals surface area contributed by atoms with Gasteiger partial charge in [0.25, 0.3) is 5.91 Å². The number of carbonyl (C=O) groups excluding carboxylic acids is 2. The maximum atomic E-state index is 12.8. The zero-order valence-electron chi connectivity index (χ0n) is 13.2. The zero-order chi connectivity index (χ0) is 16.8. The van der Waals surface area contributed by atoms with E-state index in [0.717, 1.165) is 5.56 Å². The molecule has 6 nitrogen and oxygen atoms in total. The predicted octanol–water partition coefficient (Wildman–Crippen LogP) is 2.62. The van der Waals surface area contributed by atoms with Gasteiger partial charge in [-0.25, -0.2) is 4.79 Å². The van der Waals surface area contributed by atoms with E-state index in [1.165, 1.54) is 0 Å². The molecule has 0 saturated heterocycles. The summed E-state index contributed by atoms with van der Waals surface area (Å²) in [6.45, 7) is 4.39. The summed E-state index contributed by atoms with van der Waals surface area (Å²) in [5.74, 6) is -0.114. The fourth-order valence-electron chi connectivity index (χ4n) is 2.22. The van der Waals surface area contributed by atoms with Crippen molar-refractivity contribution >= 4 is 17.6 Å². The van der Waals surface area contributed by atoms with E-state index in [-0.39, 0.29) is 11.9 Å². The van der Waals surface area contributed by atoms with E-state index in [0.29, 0.717) is 17.8 Å². The number of nitrogens with one attached hydrogen (secondary N) is 1. The van der Waals surface area contributed by atoms with Gasteiger partial charge in [-0.2, -0.15) is 0 Å². The van der Waals surface area contributed by atoms with Crippen LogP contribution in [0.4, 0.5) is 10.5 Å². The minimum Gasteiger partial charge on any atom is -0.351 e. The number of rotatable bonds is 5. The standard InChI is InChI=1S/C17H20N4O2/c1-12(2)21(11-13-5-4-8-19-10-13)16(22)14-6-3-7-15(9-14)20-17(18)23/h3-10,12H,11H2,1-2H3,(H3,18,20,23). The SMILES string of the molecule is CC(C)N(Cc1cccnc1)C(=O)c1cccc(NC(N)=O)c1. The lowest BCUT2D eigenvalue weighted by Gasteiger charge is -2.27. The number of pyridine rings is 1. The Balaban J connectivity index is 2.22. The number of urea groups is 1. The molecule has 23 heavy (non-hydrogen) atoms. The average Bonchev–Trinajstić information content (AvgIpc) is 2.52. The summed E-state index contributed by atoms with van der Waals surface area (Å²) in [7, 11) is 0. The smallest absolute Gasteiger partial charge is 0.316 e. The van der Waals surface area contributed by atoms with E-state index < -0.39 is 6.03 Å². The van der Waals surface area contributed by atoms with Crippen LogP contribution in [-0.2, 0) is 6.54 Å². The molecular formula is C17H20N4O2. The second-order valence-electron chi connectivity index (χ2n) is 5.46. The van der Waals surface area contributed by atoms with Crippen LogP contribution >= 0.6 is 0 Å². The Labute approximate surface area is 135 Å². The summed E-state index contributed by atoms with van der Waals surface area (Å²) >= 11 is 0. The minimum atomic E-state index is -0.661. The number of hydrogen-bond donors (Lipinski definition) is 2. The molecule has 0 unspecified atom stereocenters. The van der Waals surface area contributed by atoms with Gasteiger partial charge in [0, 0.05) is 36.2 Å². The largest absolute Gasteiger partial charge is 0.351 e. The second-order valence-corrected chi connectivity index (χ2v) is 5.46. The summed E-state index contributed by atoms with van der Waals surface area (Å²) in [6, 6.07) is 9.86. The quantitative estimate of drug-likeness (QED) is 0.889. The Morgan fingerprint density at radius 3 is 2.65 bits per heavy atom. The first-order chi connectivity index (χ1) is 11.0. The van der Waals surface area contributed by atoms with Crippen molar-refractivity contribution in [1.29, 1.82) is 0 Å². The molecule has 0 saturated carbocycles. The van der Waals surface area contributed by atoms with Gasteiger partial charge in [-0.15, -0.1) is 0 Å². The highest BCUT2D eigenvalue weighted by molar-refractivity contribution is 5.96. The summed E-state index contributed by atoms with van der Waals surface area (Å²) in [5, 5.41) is 2.48. The van der Waals surface area contributed by atoms with Crippen molar-refractivity contribution in [1.82, 2.24) is 9.88 Å². The third-order valence-corrected chi connectivity index (χ3v) is 3.34. The lowest BCUT2D eigenvalue weighted by molar-refractivity contribution is 0.0690. The fraction of sp³-hybridized carbons (Fsp3) is 0.235. The van der Waals surface area contributed by atoms with Crippen molar-refractivity contribution in [2.45, 2.75) is 26.4 Å². The highest BCUT2D eigenvalue weighted by Gasteiger charge is 2.19. The molecule has 0 aliphatic heterocycles. The van der Waals surface area contributed by atoms with Gasteiger partial charge in [0.15, 0.2) is 0 Å². The van der Waals surface area contributed by atoms with E-state index in [9.17, 15) is 9.59 Å². The second kappa shape index (κ2) is 7.40. The Hall–Kier alpha value is -2.89. The highest BCUT2D eigenvalue weighted by atomic mass is 16.2. The third-order valence-electron chi connectivity index (χ3n) is 3.34. The molecule has 1 aromatic heterocycles. The lowest BCUT2D eigenvalue weighted by Crippen LogP contribution is -2.36. The zero-order valence-corrected chi connectivity index (χ0v) is 13.2. The van der Waals surface area contributed by atoms with Crippen molar-refractivity contribution in [3.63, 3.8) is 0 Å². The Morgan fingerprint density at radius 1 is 1.26 bits per heavy atom. The van der Waals surface area contributed by atoms with Crippen LogP contribution in [0.5, 0.6) is 0 Å². The molecule has 0 fully saturated rings. The number of aromatic nitrogens is 1. The van der Waals surface area contributed by atoms with Gasteiger partial charge in [-0.05, 0) is 43.7 Å². The first kappa shape index (κ1) is 16.5. The van der Waals surface area contributed by atoms with Crippen molar-refractivity contribution in [2.75, 3.05) is 5.32 Å². The number of nitrogens with two attached hydrogens (primary N) is 1. The molecule has 1 heterocycles.